The number of hydrazone groups is 1. The maximum absolute atomic E-state index is 11.8. The summed E-state index contributed by atoms with van der Waals surface area (Å²) in [5, 5.41) is 3.97. The Morgan fingerprint density at radius 3 is 2.23 bits per heavy atom. The molecule has 4 heteroatoms. The van der Waals surface area contributed by atoms with Crippen LogP contribution >= 0.6 is 0 Å². The van der Waals surface area contributed by atoms with Crippen molar-refractivity contribution in [1.29, 1.82) is 0 Å². The molecule has 1 N–H and O–H groups in total. The van der Waals surface area contributed by atoms with Crippen LogP contribution in [0.3, 0.4) is 0 Å². The van der Waals surface area contributed by atoms with Crippen LogP contribution in [-0.4, -0.2) is 18.7 Å². The van der Waals surface area contributed by atoms with E-state index in [1.54, 1.807) is 6.21 Å². The summed E-state index contributed by atoms with van der Waals surface area (Å²) in [5.74, 6) is 1.42. The van der Waals surface area contributed by atoms with Crippen LogP contribution in [0, 0.1) is 0 Å². The molecule has 0 spiro atoms. The van der Waals surface area contributed by atoms with Crippen LogP contribution in [0.4, 0.5) is 0 Å². The Morgan fingerprint density at radius 1 is 1.04 bits per heavy atom. The van der Waals surface area contributed by atoms with Gasteiger partial charge in [-0.05, 0) is 47.1 Å². The van der Waals surface area contributed by atoms with Gasteiger partial charge in [0, 0.05) is 0 Å². The first kappa shape index (κ1) is 19.7. The molecule has 26 heavy (non-hydrogen) atoms. The van der Waals surface area contributed by atoms with Crippen molar-refractivity contribution < 1.29 is 9.53 Å². The van der Waals surface area contributed by atoms with E-state index in [2.05, 4.69) is 50.4 Å². The van der Waals surface area contributed by atoms with Crippen LogP contribution in [0.25, 0.3) is 0 Å². The van der Waals surface area contributed by atoms with Gasteiger partial charge in [-0.3, -0.25) is 4.79 Å². The number of rotatable bonds is 8. The van der Waals surface area contributed by atoms with Gasteiger partial charge in [0.2, 0.25) is 0 Å². The van der Waals surface area contributed by atoms with Gasteiger partial charge in [0.25, 0.3) is 5.91 Å². The molecule has 0 bridgehead atoms. The molecule has 0 aromatic heterocycles. The van der Waals surface area contributed by atoms with Gasteiger partial charge in [-0.15, -0.1) is 0 Å². The van der Waals surface area contributed by atoms with E-state index in [0.29, 0.717) is 17.6 Å². The fourth-order valence-electron chi connectivity index (χ4n) is 2.46. The third-order valence-corrected chi connectivity index (χ3v) is 4.44. The summed E-state index contributed by atoms with van der Waals surface area (Å²) in [4.78, 5) is 11.8. The highest BCUT2D eigenvalue weighted by molar-refractivity contribution is 5.82. The highest BCUT2D eigenvalue weighted by Crippen LogP contribution is 2.21. The number of hydrogen-bond acceptors (Lipinski definition) is 3. The Kier molecular flexibility index (Phi) is 7.39. The minimum Gasteiger partial charge on any atom is -0.484 e. The van der Waals surface area contributed by atoms with E-state index in [1.807, 2.05) is 36.4 Å². The summed E-state index contributed by atoms with van der Waals surface area (Å²) in [7, 11) is 0. The first-order chi connectivity index (χ1) is 12.5. The molecule has 1 amide bonds. The topological polar surface area (TPSA) is 50.7 Å². The van der Waals surface area contributed by atoms with Crippen molar-refractivity contribution in [3.8, 4) is 5.75 Å². The first-order valence-corrected chi connectivity index (χ1v) is 9.14. The summed E-state index contributed by atoms with van der Waals surface area (Å²) in [6.45, 7) is 8.60. The molecule has 0 saturated heterocycles. The van der Waals surface area contributed by atoms with Crippen LogP contribution in [0.1, 0.15) is 62.6 Å². The van der Waals surface area contributed by atoms with Gasteiger partial charge < -0.3 is 4.74 Å². The molecule has 2 aromatic carbocycles. The van der Waals surface area contributed by atoms with Crippen LogP contribution in [-0.2, 0) is 4.79 Å². The lowest BCUT2D eigenvalue weighted by Crippen LogP contribution is -2.24. The smallest absolute Gasteiger partial charge is 0.277 e. The Hall–Kier alpha value is -2.62. The Labute approximate surface area is 156 Å². The van der Waals surface area contributed by atoms with Crippen LogP contribution < -0.4 is 10.2 Å². The summed E-state index contributed by atoms with van der Waals surface area (Å²) < 4.78 is 5.50. The zero-order valence-electron chi connectivity index (χ0n) is 16.0. The standard InChI is InChI=1S/C22H28N2O2/c1-5-17(4)20-10-12-21(13-11-20)26-15-22(25)24-23-14-18-6-8-19(9-7-18)16(2)3/h6-14,16-17H,5,15H2,1-4H3,(H,24,25)/b23-14-/t17-/m0/s1. The van der Waals surface area contributed by atoms with Gasteiger partial charge >= 0.3 is 0 Å². The molecule has 0 aliphatic heterocycles. The number of nitrogens with one attached hydrogen (secondary N) is 1. The van der Waals surface area contributed by atoms with Gasteiger partial charge in [-0.2, -0.15) is 5.10 Å². The lowest BCUT2D eigenvalue weighted by atomic mass is 9.99. The summed E-state index contributed by atoms with van der Waals surface area (Å²) >= 11 is 0. The van der Waals surface area contributed by atoms with Gasteiger partial charge in [0.1, 0.15) is 5.75 Å². The molecular weight excluding hydrogens is 324 g/mol. The number of benzene rings is 2. The van der Waals surface area contributed by atoms with Crippen molar-refractivity contribution in [2.45, 2.75) is 46.0 Å². The number of hydrogen-bond donors (Lipinski definition) is 1. The molecule has 0 fully saturated rings. The number of amides is 1. The molecule has 0 heterocycles. The van der Waals surface area contributed by atoms with Crippen LogP contribution in [0.5, 0.6) is 5.75 Å². The van der Waals surface area contributed by atoms with Crippen molar-refractivity contribution in [3.63, 3.8) is 0 Å². The van der Waals surface area contributed by atoms with Gasteiger partial charge in [-0.25, -0.2) is 5.43 Å². The van der Waals surface area contributed by atoms with Gasteiger partial charge in [0.05, 0.1) is 6.21 Å². The summed E-state index contributed by atoms with van der Waals surface area (Å²) in [6, 6.07) is 16.0. The molecule has 0 aliphatic rings. The number of carbonyl (C=O) groups excluding carboxylic acids is 1. The Morgan fingerprint density at radius 2 is 1.65 bits per heavy atom. The monoisotopic (exact) mass is 352 g/mol. The minimum atomic E-state index is -0.286. The Bertz CT molecular complexity index is 719. The van der Waals surface area contributed by atoms with Crippen LogP contribution in [0.15, 0.2) is 53.6 Å². The van der Waals surface area contributed by atoms with Crippen molar-refractivity contribution >= 4 is 12.1 Å². The lowest BCUT2D eigenvalue weighted by Gasteiger charge is -2.10. The second-order valence-corrected chi connectivity index (χ2v) is 6.78. The average molecular weight is 352 g/mol. The van der Waals surface area contributed by atoms with E-state index < -0.39 is 0 Å². The molecule has 0 radical (unpaired) electrons. The molecule has 2 aromatic rings. The predicted octanol–water partition coefficient (Wildman–Crippen LogP) is 4.85. The summed E-state index contributed by atoms with van der Waals surface area (Å²) in [6.07, 6.45) is 2.73. The van der Waals surface area contributed by atoms with Crippen molar-refractivity contribution in [3.05, 3.63) is 65.2 Å². The quantitative estimate of drug-likeness (QED) is 0.545. The first-order valence-electron chi connectivity index (χ1n) is 9.14. The molecule has 4 nitrogen and oxygen atoms in total. The fourth-order valence-corrected chi connectivity index (χ4v) is 2.46. The molecule has 0 saturated carbocycles. The Balaban J connectivity index is 1.78. The van der Waals surface area contributed by atoms with Crippen molar-refractivity contribution in [1.82, 2.24) is 5.43 Å². The van der Waals surface area contributed by atoms with E-state index in [1.165, 1.54) is 11.1 Å². The third-order valence-electron chi connectivity index (χ3n) is 4.44. The maximum atomic E-state index is 11.8. The maximum Gasteiger partial charge on any atom is 0.277 e. The predicted molar refractivity (Wildman–Crippen MR) is 107 cm³/mol. The van der Waals surface area contributed by atoms with E-state index in [9.17, 15) is 4.79 Å². The minimum absolute atomic E-state index is 0.0632. The highest BCUT2D eigenvalue weighted by Gasteiger charge is 2.05. The molecule has 0 unspecified atom stereocenters. The van der Waals surface area contributed by atoms with Gasteiger partial charge in [0.15, 0.2) is 6.61 Å². The fraction of sp³-hybridized carbons (Fsp3) is 0.364. The summed E-state index contributed by atoms with van der Waals surface area (Å²) in [5.41, 5.74) is 5.98. The van der Waals surface area contributed by atoms with Crippen molar-refractivity contribution in [2.75, 3.05) is 6.61 Å². The third kappa shape index (κ3) is 6.03. The van der Waals surface area contributed by atoms with Crippen molar-refractivity contribution in [2.24, 2.45) is 5.10 Å². The van der Waals surface area contributed by atoms with E-state index >= 15 is 0 Å². The average Bonchev–Trinajstić information content (AvgIpc) is 2.66. The second-order valence-electron chi connectivity index (χ2n) is 6.78. The zero-order chi connectivity index (χ0) is 18.9. The van der Waals surface area contributed by atoms with E-state index in [0.717, 1.165) is 12.0 Å². The van der Waals surface area contributed by atoms with Gasteiger partial charge in [-0.1, -0.05) is 64.1 Å². The number of nitrogens with zero attached hydrogens (tertiary/aromatic N) is 1. The SMILES string of the molecule is CC[C@H](C)c1ccc(OCC(=O)N/N=C\c2ccc(C(C)C)cc2)cc1. The largest absolute Gasteiger partial charge is 0.484 e. The highest BCUT2D eigenvalue weighted by atomic mass is 16.5. The lowest BCUT2D eigenvalue weighted by molar-refractivity contribution is -0.123. The second kappa shape index (κ2) is 9.76. The zero-order valence-corrected chi connectivity index (χ0v) is 16.0. The van der Waals surface area contributed by atoms with E-state index in [4.69, 9.17) is 4.74 Å². The molecule has 0 aliphatic carbocycles. The normalized spacial score (nSPS) is 12.3. The molecule has 138 valence electrons. The molecule has 2 rings (SSSR count). The number of ether oxygens (including phenoxy) is 1. The van der Waals surface area contributed by atoms with Crippen LogP contribution in [0.2, 0.25) is 0 Å². The molecular formula is C22H28N2O2. The molecule has 1 atom stereocenters. The van der Waals surface area contributed by atoms with E-state index in [-0.39, 0.29) is 12.5 Å². The number of carbonyl (C=O) groups is 1.